The van der Waals surface area contributed by atoms with Gasteiger partial charge in [0.1, 0.15) is 0 Å². The quantitative estimate of drug-likeness (QED) is 0.770. The Kier molecular flexibility index (Phi) is 3.03. The Labute approximate surface area is 84.2 Å². The van der Waals surface area contributed by atoms with Crippen LogP contribution in [0.2, 0.25) is 0 Å². The molecule has 4 nitrogen and oxygen atoms in total. The maximum atomic E-state index is 4.52. The highest BCUT2D eigenvalue weighted by Crippen LogP contribution is 2.34. The van der Waals surface area contributed by atoms with Crippen LogP contribution in [0.3, 0.4) is 0 Å². The standard InChI is InChI=1S/C10H16N4/c1-11-6-5-10-13-9(7-12-14-10)8-3-2-4-8/h7-8,11H,2-6H2,1H3. The molecule has 0 saturated heterocycles. The summed E-state index contributed by atoms with van der Waals surface area (Å²) in [5, 5.41) is 11.1. The molecule has 2 rings (SSSR count). The first kappa shape index (κ1) is 9.52. The van der Waals surface area contributed by atoms with Gasteiger partial charge < -0.3 is 5.32 Å². The van der Waals surface area contributed by atoms with E-state index in [1.54, 1.807) is 0 Å². The number of likely N-dealkylation sites (N-methyl/N-ethyl adjacent to an activating group) is 1. The summed E-state index contributed by atoms with van der Waals surface area (Å²) >= 11 is 0. The van der Waals surface area contributed by atoms with E-state index >= 15 is 0 Å². The third kappa shape index (κ3) is 2.07. The van der Waals surface area contributed by atoms with Gasteiger partial charge in [-0.15, -0.1) is 5.10 Å². The zero-order valence-electron chi connectivity index (χ0n) is 8.53. The molecular weight excluding hydrogens is 176 g/mol. The Bertz CT molecular complexity index is 296. The van der Waals surface area contributed by atoms with Gasteiger partial charge in [0.2, 0.25) is 0 Å². The molecule has 0 atom stereocenters. The first-order chi connectivity index (χ1) is 6.90. The second-order valence-corrected chi connectivity index (χ2v) is 3.78. The molecule has 1 aromatic heterocycles. The summed E-state index contributed by atoms with van der Waals surface area (Å²) in [5.74, 6) is 1.52. The number of hydrogen-bond donors (Lipinski definition) is 1. The third-order valence-corrected chi connectivity index (χ3v) is 2.74. The summed E-state index contributed by atoms with van der Waals surface area (Å²) in [6.07, 6.45) is 6.55. The Morgan fingerprint density at radius 1 is 1.50 bits per heavy atom. The Morgan fingerprint density at radius 2 is 2.36 bits per heavy atom. The second kappa shape index (κ2) is 4.46. The normalized spacial score (nSPS) is 16.6. The lowest BCUT2D eigenvalue weighted by molar-refractivity contribution is 0.407. The van der Waals surface area contributed by atoms with Crippen LogP contribution < -0.4 is 5.32 Å². The molecule has 4 heteroatoms. The SMILES string of the molecule is CNCCc1nncc(C2CCC2)n1. The molecule has 1 N–H and O–H groups in total. The molecule has 76 valence electrons. The zero-order valence-corrected chi connectivity index (χ0v) is 8.53. The number of hydrogen-bond acceptors (Lipinski definition) is 4. The van der Waals surface area contributed by atoms with Crippen LogP contribution >= 0.6 is 0 Å². The molecule has 1 heterocycles. The van der Waals surface area contributed by atoms with E-state index in [0.717, 1.165) is 24.5 Å². The molecule has 14 heavy (non-hydrogen) atoms. The van der Waals surface area contributed by atoms with Crippen molar-refractivity contribution in [3.63, 3.8) is 0 Å². The maximum Gasteiger partial charge on any atom is 0.152 e. The highest BCUT2D eigenvalue weighted by atomic mass is 15.1. The van der Waals surface area contributed by atoms with E-state index in [0.29, 0.717) is 5.92 Å². The smallest absolute Gasteiger partial charge is 0.152 e. The average molecular weight is 192 g/mol. The van der Waals surface area contributed by atoms with Crippen LogP contribution in [0.25, 0.3) is 0 Å². The van der Waals surface area contributed by atoms with E-state index in [2.05, 4.69) is 20.5 Å². The maximum absolute atomic E-state index is 4.52. The summed E-state index contributed by atoms with van der Waals surface area (Å²) in [6, 6.07) is 0. The van der Waals surface area contributed by atoms with Crippen molar-refractivity contribution in [1.82, 2.24) is 20.5 Å². The predicted octanol–water partition coefficient (Wildman–Crippen LogP) is 0.901. The lowest BCUT2D eigenvalue weighted by Gasteiger charge is -2.24. The van der Waals surface area contributed by atoms with Crippen LogP contribution in [-0.4, -0.2) is 28.8 Å². The minimum atomic E-state index is 0.652. The van der Waals surface area contributed by atoms with Crippen LogP contribution in [0.15, 0.2) is 6.20 Å². The zero-order chi connectivity index (χ0) is 9.80. The van der Waals surface area contributed by atoms with Gasteiger partial charge in [0.05, 0.1) is 11.9 Å². The van der Waals surface area contributed by atoms with Crippen LogP contribution in [-0.2, 0) is 6.42 Å². The van der Waals surface area contributed by atoms with Gasteiger partial charge >= 0.3 is 0 Å². The first-order valence-corrected chi connectivity index (χ1v) is 5.23. The highest BCUT2D eigenvalue weighted by Gasteiger charge is 2.21. The summed E-state index contributed by atoms with van der Waals surface area (Å²) in [5.41, 5.74) is 1.14. The Balaban J connectivity index is 2.02. The number of aromatic nitrogens is 3. The van der Waals surface area contributed by atoms with Gasteiger partial charge in [-0.1, -0.05) is 6.42 Å². The molecule has 0 unspecified atom stereocenters. The molecule has 0 spiro atoms. The summed E-state index contributed by atoms with van der Waals surface area (Å²) in [6.45, 7) is 0.912. The van der Waals surface area contributed by atoms with Crippen molar-refractivity contribution >= 4 is 0 Å². The predicted molar refractivity (Wildman–Crippen MR) is 54.0 cm³/mol. The molecule has 0 bridgehead atoms. The average Bonchev–Trinajstić information content (AvgIpc) is 2.13. The van der Waals surface area contributed by atoms with Crippen molar-refractivity contribution in [2.24, 2.45) is 0 Å². The van der Waals surface area contributed by atoms with Crippen LogP contribution in [0.5, 0.6) is 0 Å². The molecule has 1 aliphatic carbocycles. The van der Waals surface area contributed by atoms with Crippen molar-refractivity contribution in [3.8, 4) is 0 Å². The molecule has 1 fully saturated rings. The second-order valence-electron chi connectivity index (χ2n) is 3.78. The van der Waals surface area contributed by atoms with E-state index in [4.69, 9.17) is 0 Å². The van der Waals surface area contributed by atoms with Gasteiger partial charge in [0.15, 0.2) is 5.82 Å². The van der Waals surface area contributed by atoms with Crippen molar-refractivity contribution in [1.29, 1.82) is 0 Å². The molecule has 0 radical (unpaired) electrons. The van der Waals surface area contributed by atoms with Gasteiger partial charge in [0, 0.05) is 18.9 Å². The lowest BCUT2D eigenvalue weighted by atomic mass is 9.83. The molecular formula is C10H16N4. The summed E-state index contributed by atoms with van der Waals surface area (Å²) < 4.78 is 0. The van der Waals surface area contributed by atoms with Crippen molar-refractivity contribution < 1.29 is 0 Å². The van der Waals surface area contributed by atoms with Gasteiger partial charge in [-0.2, -0.15) is 5.10 Å². The fourth-order valence-electron chi connectivity index (χ4n) is 1.60. The van der Waals surface area contributed by atoms with Crippen molar-refractivity contribution in [2.45, 2.75) is 31.6 Å². The van der Waals surface area contributed by atoms with Crippen LogP contribution in [0.4, 0.5) is 0 Å². The van der Waals surface area contributed by atoms with Gasteiger partial charge in [-0.05, 0) is 19.9 Å². The van der Waals surface area contributed by atoms with E-state index in [1.165, 1.54) is 19.3 Å². The van der Waals surface area contributed by atoms with Crippen molar-refractivity contribution in [3.05, 3.63) is 17.7 Å². The lowest BCUT2D eigenvalue weighted by Crippen LogP contribution is -2.16. The van der Waals surface area contributed by atoms with Crippen molar-refractivity contribution in [2.75, 3.05) is 13.6 Å². The minimum absolute atomic E-state index is 0.652. The number of rotatable bonds is 4. The van der Waals surface area contributed by atoms with Gasteiger partial charge in [-0.25, -0.2) is 4.98 Å². The highest BCUT2D eigenvalue weighted by molar-refractivity contribution is 5.07. The topological polar surface area (TPSA) is 50.7 Å². The Hall–Kier alpha value is -1.03. The van der Waals surface area contributed by atoms with E-state index in [-0.39, 0.29) is 0 Å². The molecule has 1 aromatic rings. The molecule has 0 aromatic carbocycles. The first-order valence-electron chi connectivity index (χ1n) is 5.23. The fraction of sp³-hybridized carbons (Fsp3) is 0.700. The molecule has 1 aliphatic rings. The summed E-state index contributed by atoms with van der Waals surface area (Å²) in [4.78, 5) is 4.52. The van der Waals surface area contributed by atoms with E-state index in [9.17, 15) is 0 Å². The van der Waals surface area contributed by atoms with E-state index in [1.807, 2.05) is 13.2 Å². The fourth-order valence-corrected chi connectivity index (χ4v) is 1.60. The number of nitrogens with zero attached hydrogens (tertiary/aromatic N) is 3. The minimum Gasteiger partial charge on any atom is -0.319 e. The number of nitrogens with one attached hydrogen (secondary N) is 1. The van der Waals surface area contributed by atoms with E-state index < -0.39 is 0 Å². The molecule has 1 saturated carbocycles. The van der Waals surface area contributed by atoms with Gasteiger partial charge in [0.25, 0.3) is 0 Å². The van der Waals surface area contributed by atoms with Crippen LogP contribution in [0, 0.1) is 0 Å². The summed E-state index contributed by atoms with van der Waals surface area (Å²) in [7, 11) is 1.93. The molecule has 0 amide bonds. The monoisotopic (exact) mass is 192 g/mol. The third-order valence-electron chi connectivity index (χ3n) is 2.74. The molecule has 0 aliphatic heterocycles. The van der Waals surface area contributed by atoms with Gasteiger partial charge in [-0.3, -0.25) is 0 Å². The Morgan fingerprint density at radius 3 is 3.00 bits per heavy atom. The largest absolute Gasteiger partial charge is 0.319 e. The van der Waals surface area contributed by atoms with Crippen LogP contribution in [0.1, 0.15) is 36.7 Å².